The Morgan fingerprint density at radius 2 is 2.20 bits per heavy atom. The topological polar surface area (TPSA) is 50.8 Å². The maximum atomic E-state index is 11.8. The van der Waals surface area contributed by atoms with E-state index in [0.717, 1.165) is 11.1 Å². The highest BCUT2D eigenvalue weighted by molar-refractivity contribution is 7.53. The lowest BCUT2D eigenvalue weighted by atomic mass is 10.0. The minimum Gasteiger partial charge on any atom is -0.606 e. The predicted octanol–water partition coefficient (Wildman–Crippen LogP) is 1.98. The molecular weight excluding hydrogens is 215 g/mol. The van der Waals surface area contributed by atoms with Gasteiger partial charge < -0.3 is 4.89 Å². The van der Waals surface area contributed by atoms with E-state index in [0.29, 0.717) is 0 Å². The average Bonchev–Trinajstić information content (AvgIpc) is 2.38. The molecule has 0 N–H and O–H groups in total. The fourth-order valence-electron chi connectivity index (χ4n) is 1.59. The van der Waals surface area contributed by atoms with E-state index in [1.54, 1.807) is 0 Å². The van der Waals surface area contributed by atoms with Crippen molar-refractivity contribution in [2.24, 2.45) is 0 Å². The van der Waals surface area contributed by atoms with Gasteiger partial charge in [-0.25, -0.2) is 0 Å². The number of phosphoric acid groups is 1. The number of hydrogen-bond donors (Lipinski definition) is 0. The Balaban J connectivity index is 2.32. The van der Waals surface area contributed by atoms with Crippen molar-refractivity contribution in [1.82, 2.24) is 0 Å². The van der Waals surface area contributed by atoms with Crippen LogP contribution in [-0.2, 0) is 20.2 Å². The summed E-state index contributed by atoms with van der Waals surface area (Å²) in [5, 5.41) is 0. The van der Waals surface area contributed by atoms with E-state index in [1.165, 1.54) is 7.11 Å². The number of hydrogen-bond acceptors (Lipinski definition) is 4. The molecule has 1 aliphatic heterocycles. The molecule has 1 aliphatic rings. The highest BCUT2D eigenvalue weighted by Gasteiger charge is 2.38. The molecule has 1 aromatic carbocycles. The van der Waals surface area contributed by atoms with Crippen LogP contribution in [0.5, 0.6) is 0 Å². The lowest BCUT2D eigenvalue weighted by Crippen LogP contribution is -2.16. The molecule has 15 heavy (non-hydrogen) atoms. The minimum absolute atomic E-state index is 0.256. The SMILES string of the molecule is CO[P+]1([O-])OCc2ccccc2C(C)O1. The second-order valence-electron chi connectivity index (χ2n) is 3.35. The largest absolute Gasteiger partial charge is 0.606 e. The van der Waals surface area contributed by atoms with Gasteiger partial charge in [-0.1, -0.05) is 24.3 Å². The fraction of sp³-hybridized carbons (Fsp3) is 0.400. The van der Waals surface area contributed by atoms with Crippen molar-refractivity contribution in [3.63, 3.8) is 0 Å². The Labute approximate surface area is 89.5 Å². The minimum atomic E-state index is -3.38. The Kier molecular flexibility index (Phi) is 3.05. The van der Waals surface area contributed by atoms with Crippen LogP contribution in [0.2, 0.25) is 0 Å². The van der Waals surface area contributed by atoms with Gasteiger partial charge in [-0.3, -0.25) is 0 Å². The van der Waals surface area contributed by atoms with E-state index in [2.05, 4.69) is 0 Å². The third kappa shape index (κ3) is 2.19. The summed E-state index contributed by atoms with van der Waals surface area (Å²) in [6.07, 6.45) is -0.283. The molecule has 2 rings (SSSR count). The first-order chi connectivity index (χ1) is 7.14. The third-order valence-corrected chi connectivity index (χ3v) is 3.85. The normalized spacial score (nSPS) is 30.7. The van der Waals surface area contributed by atoms with Crippen molar-refractivity contribution in [2.45, 2.75) is 19.6 Å². The van der Waals surface area contributed by atoms with Crippen molar-refractivity contribution in [2.75, 3.05) is 7.11 Å². The van der Waals surface area contributed by atoms with Crippen molar-refractivity contribution in [1.29, 1.82) is 0 Å². The number of fused-ring (bicyclic) bond motifs is 1. The summed E-state index contributed by atoms with van der Waals surface area (Å²) in [7, 11) is -2.05. The number of phosphoric ester groups is 1. The highest BCUT2D eigenvalue weighted by atomic mass is 31.2. The van der Waals surface area contributed by atoms with Gasteiger partial charge in [0.05, 0.1) is 7.11 Å². The molecule has 0 bridgehead atoms. The maximum Gasteiger partial charge on any atom is 0.380 e. The number of benzene rings is 1. The molecule has 1 heterocycles. The third-order valence-electron chi connectivity index (χ3n) is 2.38. The van der Waals surface area contributed by atoms with E-state index in [-0.39, 0.29) is 12.7 Å². The molecular formula is C10H13O4P. The Bertz CT molecular complexity index is 357. The van der Waals surface area contributed by atoms with Crippen molar-refractivity contribution in [3.8, 4) is 0 Å². The van der Waals surface area contributed by atoms with Gasteiger partial charge in [0.15, 0.2) is 0 Å². The van der Waals surface area contributed by atoms with Crippen molar-refractivity contribution >= 4 is 8.17 Å². The summed E-state index contributed by atoms with van der Waals surface area (Å²) < 4.78 is 15.2. The molecule has 0 saturated heterocycles. The van der Waals surface area contributed by atoms with Gasteiger partial charge in [0.2, 0.25) is 0 Å². The molecule has 0 saturated carbocycles. The summed E-state index contributed by atoms with van der Waals surface area (Å²) in [6.45, 7) is 2.09. The molecule has 82 valence electrons. The van der Waals surface area contributed by atoms with Crippen molar-refractivity contribution < 1.29 is 18.5 Å². The average molecular weight is 228 g/mol. The first-order valence-electron chi connectivity index (χ1n) is 4.71. The molecule has 1 aromatic rings. The van der Waals surface area contributed by atoms with Gasteiger partial charge in [-0.05, 0) is 18.1 Å². The standard InChI is InChI=1S/C10H13O4P/c1-8-10-6-4-3-5-9(10)7-13-15(11,12-2)14-8/h3-6,8H,7H2,1-2H3. The summed E-state index contributed by atoms with van der Waals surface area (Å²) >= 11 is 0. The van der Waals surface area contributed by atoms with Crippen LogP contribution < -0.4 is 4.89 Å². The van der Waals surface area contributed by atoms with Gasteiger partial charge in [-0.2, -0.15) is 13.6 Å². The van der Waals surface area contributed by atoms with E-state index in [1.807, 2.05) is 31.2 Å². The second kappa shape index (κ2) is 4.16. The molecule has 0 aliphatic carbocycles. The predicted molar refractivity (Wildman–Crippen MR) is 54.7 cm³/mol. The van der Waals surface area contributed by atoms with E-state index in [9.17, 15) is 4.89 Å². The Morgan fingerprint density at radius 3 is 2.93 bits per heavy atom. The van der Waals surface area contributed by atoms with Crippen LogP contribution in [-0.4, -0.2) is 7.11 Å². The highest BCUT2D eigenvalue weighted by Crippen LogP contribution is 2.58. The zero-order chi connectivity index (χ0) is 10.9. The van der Waals surface area contributed by atoms with E-state index >= 15 is 0 Å². The Hall–Kier alpha value is -0.510. The molecule has 2 unspecified atom stereocenters. The van der Waals surface area contributed by atoms with Gasteiger partial charge >= 0.3 is 8.17 Å². The monoisotopic (exact) mass is 228 g/mol. The van der Waals surface area contributed by atoms with Crippen LogP contribution in [0.4, 0.5) is 0 Å². The summed E-state index contributed by atoms with van der Waals surface area (Å²) in [4.78, 5) is 11.8. The van der Waals surface area contributed by atoms with Crippen LogP contribution in [0.1, 0.15) is 24.2 Å². The molecule has 4 nitrogen and oxygen atoms in total. The molecule has 2 atom stereocenters. The van der Waals surface area contributed by atoms with Crippen LogP contribution in [0.3, 0.4) is 0 Å². The summed E-state index contributed by atoms with van der Waals surface area (Å²) in [5.41, 5.74) is 1.98. The zero-order valence-corrected chi connectivity index (χ0v) is 9.57. The van der Waals surface area contributed by atoms with Gasteiger partial charge in [-0.15, -0.1) is 0 Å². The first kappa shape index (κ1) is 11.0. The van der Waals surface area contributed by atoms with Crippen LogP contribution >= 0.6 is 8.17 Å². The van der Waals surface area contributed by atoms with Crippen LogP contribution in [0.15, 0.2) is 24.3 Å². The maximum absolute atomic E-state index is 11.8. The van der Waals surface area contributed by atoms with Crippen LogP contribution in [0.25, 0.3) is 0 Å². The molecule has 0 radical (unpaired) electrons. The molecule has 0 spiro atoms. The van der Waals surface area contributed by atoms with Crippen molar-refractivity contribution in [3.05, 3.63) is 35.4 Å². The number of rotatable bonds is 1. The second-order valence-corrected chi connectivity index (χ2v) is 5.08. The fourth-order valence-corrected chi connectivity index (χ4v) is 2.64. The van der Waals surface area contributed by atoms with Gasteiger partial charge in [0.1, 0.15) is 12.7 Å². The molecule has 0 aromatic heterocycles. The van der Waals surface area contributed by atoms with Gasteiger partial charge in [0, 0.05) is 0 Å². The molecule has 0 fully saturated rings. The summed E-state index contributed by atoms with van der Waals surface area (Å²) in [6, 6.07) is 7.70. The quantitative estimate of drug-likeness (QED) is 0.689. The molecule has 5 heteroatoms. The lowest BCUT2D eigenvalue weighted by molar-refractivity contribution is -0.250. The van der Waals surface area contributed by atoms with Crippen LogP contribution in [0, 0.1) is 0 Å². The molecule has 0 amide bonds. The first-order valence-corrected chi connectivity index (χ1v) is 6.17. The lowest BCUT2D eigenvalue weighted by Gasteiger charge is -2.23. The van der Waals surface area contributed by atoms with E-state index < -0.39 is 8.17 Å². The zero-order valence-electron chi connectivity index (χ0n) is 8.67. The summed E-state index contributed by atoms with van der Waals surface area (Å²) in [5.74, 6) is 0. The smallest absolute Gasteiger partial charge is 0.380 e. The Morgan fingerprint density at radius 1 is 1.47 bits per heavy atom. The van der Waals surface area contributed by atoms with Gasteiger partial charge in [0.25, 0.3) is 0 Å². The van der Waals surface area contributed by atoms with E-state index in [4.69, 9.17) is 13.6 Å².